The van der Waals surface area contributed by atoms with Gasteiger partial charge in [-0.1, -0.05) is 42.5 Å². The zero-order valence-electron chi connectivity index (χ0n) is 29.3. The molecule has 11 nitrogen and oxygen atoms in total. The number of rotatable bonds is 17. The summed E-state index contributed by atoms with van der Waals surface area (Å²) in [4.78, 5) is 61.0. The van der Waals surface area contributed by atoms with E-state index in [4.69, 9.17) is 9.47 Å². The molecule has 1 spiro atoms. The third-order valence-electron chi connectivity index (χ3n) is 10.3. The maximum Gasteiger partial charge on any atom is 0.313 e. The molecule has 0 aromatic heterocycles. The smallest absolute Gasteiger partial charge is 0.313 e. The summed E-state index contributed by atoms with van der Waals surface area (Å²) >= 11 is 0. The second-order valence-electron chi connectivity index (χ2n) is 13.2. The number of allylic oxidation sites excluding steroid dienone is 1. The number of anilines is 2. The van der Waals surface area contributed by atoms with Gasteiger partial charge in [0.1, 0.15) is 17.7 Å². The van der Waals surface area contributed by atoms with Crippen LogP contribution in [-0.2, 0) is 28.7 Å². The molecule has 3 aliphatic rings. The van der Waals surface area contributed by atoms with Gasteiger partial charge >= 0.3 is 5.97 Å². The van der Waals surface area contributed by atoms with Crippen LogP contribution in [0.3, 0.4) is 0 Å². The number of aliphatic hydroxyl groups excluding tert-OH is 1. The van der Waals surface area contributed by atoms with Crippen LogP contribution >= 0.6 is 0 Å². The molecule has 0 aliphatic carbocycles. The number of hydrogen-bond acceptors (Lipinski definition) is 8. The molecular weight excluding hydrogens is 636 g/mol. The topological polar surface area (TPSA) is 129 Å². The highest BCUT2D eigenvalue weighted by molar-refractivity contribution is 6.04. The van der Waals surface area contributed by atoms with Crippen molar-refractivity contribution >= 4 is 35.1 Å². The van der Waals surface area contributed by atoms with Crippen molar-refractivity contribution in [3.63, 3.8) is 0 Å². The lowest BCUT2D eigenvalue weighted by Gasteiger charge is -2.36. The number of hydrogen-bond donors (Lipinski definition) is 2. The average molecular weight is 687 g/mol. The molecule has 2 aromatic carbocycles. The molecular formula is C39H50N4O7. The van der Waals surface area contributed by atoms with Gasteiger partial charge in [0.2, 0.25) is 11.8 Å². The zero-order chi connectivity index (χ0) is 36.0. The summed E-state index contributed by atoms with van der Waals surface area (Å²) in [6.45, 7) is 14.9. The van der Waals surface area contributed by atoms with E-state index in [9.17, 15) is 24.3 Å². The third-order valence-corrected chi connectivity index (χ3v) is 10.3. The maximum absolute atomic E-state index is 14.7. The average Bonchev–Trinajstić information content (AvgIpc) is 3.77. The number of nitrogens with zero attached hydrogens (tertiary/aromatic N) is 3. The van der Waals surface area contributed by atoms with Gasteiger partial charge in [-0.05, 0) is 69.9 Å². The van der Waals surface area contributed by atoms with Crippen molar-refractivity contribution in [2.75, 3.05) is 42.6 Å². The van der Waals surface area contributed by atoms with E-state index in [0.29, 0.717) is 30.5 Å². The Hall–Kier alpha value is -4.48. The highest BCUT2D eigenvalue weighted by Crippen LogP contribution is 2.59. The molecule has 268 valence electrons. The third kappa shape index (κ3) is 6.93. The Balaban J connectivity index is 1.44. The molecule has 2 bridgehead atoms. The molecule has 0 radical (unpaired) electrons. The quantitative estimate of drug-likeness (QED) is 0.188. The normalized spacial score (nSPS) is 24.6. The van der Waals surface area contributed by atoms with Crippen molar-refractivity contribution in [2.45, 2.75) is 76.3 Å². The van der Waals surface area contributed by atoms with E-state index in [1.165, 1.54) is 4.90 Å². The molecule has 2 N–H and O–H groups in total. The minimum absolute atomic E-state index is 0.0907. The number of fused-ring (bicyclic) bond motifs is 1. The Kier molecular flexibility index (Phi) is 11.8. The van der Waals surface area contributed by atoms with Crippen LogP contribution in [0.25, 0.3) is 0 Å². The number of ether oxygens (including phenoxy) is 2. The van der Waals surface area contributed by atoms with E-state index in [0.717, 1.165) is 18.8 Å². The number of aliphatic hydroxyl groups is 1. The van der Waals surface area contributed by atoms with Crippen LogP contribution in [0.1, 0.15) is 58.1 Å². The molecule has 11 heteroatoms. The number of nitrogens with one attached hydrogen (secondary N) is 1. The predicted molar refractivity (Wildman–Crippen MR) is 191 cm³/mol. The molecule has 0 saturated carbocycles. The number of likely N-dealkylation sites (tertiary alicyclic amines) is 1. The molecule has 7 atom stereocenters. The predicted octanol–water partition coefficient (Wildman–Crippen LogP) is 4.17. The van der Waals surface area contributed by atoms with E-state index < -0.39 is 53.6 Å². The first kappa shape index (κ1) is 36.8. The van der Waals surface area contributed by atoms with Crippen LogP contribution in [-0.4, -0.2) is 90.3 Å². The van der Waals surface area contributed by atoms with Crippen LogP contribution in [0.5, 0.6) is 0 Å². The van der Waals surface area contributed by atoms with E-state index in [2.05, 4.69) is 37.2 Å². The van der Waals surface area contributed by atoms with Crippen LogP contribution in [0.15, 0.2) is 79.9 Å². The molecule has 3 fully saturated rings. The molecule has 3 aliphatic heterocycles. The van der Waals surface area contributed by atoms with E-state index in [1.807, 2.05) is 54.6 Å². The largest absolute Gasteiger partial charge is 0.455 e. The fraction of sp³-hybridized carbons (Fsp3) is 0.487. The molecule has 2 aromatic rings. The summed E-state index contributed by atoms with van der Waals surface area (Å²) in [5.41, 5.74) is 1.08. The zero-order valence-corrected chi connectivity index (χ0v) is 29.3. The van der Waals surface area contributed by atoms with E-state index in [-0.39, 0.29) is 37.9 Å². The van der Waals surface area contributed by atoms with Gasteiger partial charge < -0.3 is 34.6 Å². The van der Waals surface area contributed by atoms with Crippen LogP contribution in [0, 0.1) is 11.8 Å². The first-order valence-electron chi connectivity index (χ1n) is 17.7. The molecule has 3 heterocycles. The van der Waals surface area contributed by atoms with Gasteiger partial charge in [-0.2, -0.15) is 0 Å². The summed E-state index contributed by atoms with van der Waals surface area (Å²) in [5, 5.41) is 13.0. The highest BCUT2D eigenvalue weighted by Gasteiger charge is 2.75. The van der Waals surface area contributed by atoms with Crippen LogP contribution in [0.2, 0.25) is 0 Å². The summed E-state index contributed by atoms with van der Waals surface area (Å²) < 4.78 is 12.8. The van der Waals surface area contributed by atoms with Gasteiger partial charge in [0, 0.05) is 44.0 Å². The van der Waals surface area contributed by atoms with E-state index in [1.54, 1.807) is 24.0 Å². The SMILES string of the molecule is C=CCCC(=O)N[C@H](C)[C@@H](OC(=O)[C@@H]1[C@@H]2CC[C@]3(O2)[C@H](C(=O)N(CC=C)c2ccc(N(CC)CC)cc2)N(CCO)C(=O)[C@@H]13)c1ccccc1. The van der Waals surface area contributed by atoms with E-state index >= 15 is 0 Å². The number of carbonyl (C=O) groups excluding carboxylic acids is 4. The van der Waals surface area contributed by atoms with Gasteiger partial charge in [-0.15, -0.1) is 13.2 Å². The van der Waals surface area contributed by atoms with Crippen molar-refractivity contribution in [1.82, 2.24) is 10.2 Å². The Morgan fingerprint density at radius 2 is 1.76 bits per heavy atom. The number of carbonyl (C=O) groups is 4. The van der Waals surface area contributed by atoms with Crippen LogP contribution < -0.4 is 15.1 Å². The number of benzene rings is 2. The first-order valence-corrected chi connectivity index (χ1v) is 17.7. The van der Waals surface area contributed by atoms with Crippen molar-refractivity contribution in [3.05, 3.63) is 85.5 Å². The summed E-state index contributed by atoms with van der Waals surface area (Å²) in [6, 6.07) is 15.2. The fourth-order valence-corrected chi connectivity index (χ4v) is 8.02. The number of amides is 3. The second kappa shape index (κ2) is 16.0. The molecule has 5 rings (SSSR count). The Morgan fingerprint density at radius 1 is 1.08 bits per heavy atom. The lowest BCUT2D eigenvalue weighted by molar-refractivity contribution is -0.162. The minimum Gasteiger partial charge on any atom is -0.455 e. The number of esters is 1. The fourth-order valence-electron chi connectivity index (χ4n) is 8.02. The first-order chi connectivity index (χ1) is 24.1. The minimum atomic E-state index is -1.27. The molecule has 0 unspecified atom stereocenters. The summed E-state index contributed by atoms with van der Waals surface area (Å²) in [5.74, 6) is -3.54. The van der Waals surface area contributed by atoms with Crippen molar-refractivity contribution < 1.29 is 33.8 Å². The maximum atomic E-state index is 14.7. The number of β-amino-alcohol motifs (C(OH)–C–C–N with tert-alkyl or cyclic N) is 1. The monoisotopic (exact) mass is 686 g/mol. The lowest BCUT2D eigenvalue weighted by atomic mass is 9.70. The van der Waals surface area contributed by atoms with Crippen LogP contribution in [0.4, 0.5) is 11.4 Å². The van der Waals surface area contributed by atoms with Gasteiger partial charge in [-0.25, -0.2) is 0 Å². The van der Waals surface area contributed by atoms with Crippen molar-refractivity contribution in [3.8, 4) is 0 Å². The van der Waals surface area contributed by atoms with Crippen molar-refractivity contribution in [1.29, 1.82) is 0 Å². The standard InChI is InChI=1S/C39H50N4O7/c1-6-10-16-31(45)40-26(5)34(27-14-12-11-13-15-27)49-38(48)32-30-21-22-39(50-30)33(32)36(46)43(24-25-44)35(39)37(47)42(23-7-2)29-19-17-28(18-20-29)41(8-3)9-4/h6-7,11-15,17-20,26,30,32-35,44H,1-2,8-10,16,21-25H2,3-5H3,(H,40,45)/t26-,30+,32-,33-,34-,35+,39-/m1/s1. The van der Waals surface area contributed by atoms with Crippen molar-refractivity contribution in [2.24, 2.45) is 11.8 Å². The van der Waals surface area contributed by atoms with Gasteiger partial charge in [0.15, 0.2) is 0 Å². The van der Waals surface area contributed by atoms with Gasteiger partial charge in [0.25, 0.3) is 5.91 Å². The Bertz CT molecular complexity index is 1550. The Morgan fingerprint density at radius 3 is 2.38 bits per heavy atom. The van der Waals surface area contributed by atoms with Gasteiger partial charge in [0.05, 0.1) is 30.6 Å². The lowest BCUT2D eigenvalue weighted by Crippen LogP contribution is -2.56. The molecule has 3 amide bonds. The Labute approximate surface area is 294 Å². The summed E-state index contributed by atoms with van der Waals surface area (Å²) in [6.07, 6.45) is 3.46. The van der Waals surface area contributed by atoms with Gasteiger partial charge in [-0.3, -0.25) is 19.2 Å². The molecule has 50 heavy (non-hydrogen) atoms. The summed E-state index contributed by atoms with van der Waals surface area (Å²) in [7, 11) is 0. The second-order valence-corrected chi connectivity index (χ2v) is 13.2. The highest BCUT2D eigenvalue weighted by atomic mass is 16.6. The molecule has 3 saturated heterocycles.